The number of rotatable bonds is 6. The van der Waals surface area contributed by atoms with E-state index in [2.05, 4.69) is 11.6 Å². The summed E-state index contributed by atoms with van der Waals surface area (Å²) in [6, 6.07) is 0. The molecule has 0 radical (unpaired) electrons. The van der Waals surface area contributed by atoms with E-state index < -0.39 is 18.2 Å². The van der Waals surface area contributed by atoms with Gasteiger partial charge in [-0.2, -0.15) is 0 Å². The van der Waals surface area contributed by atoms with Crippen molar-refractivity contribution in [1.29, 1.82) is 0 Å². The van der Waals surface area contributed by atoms with Crippen LogP contribution in [-0.4, -0.2) is 28.3 Å². The Hall–Kier alpha value is -2.41. The standard InChI is InChI=1S/C15H17NO6/c1-3-14-21-8-11-10(6-16-9(2)15(11)22-14)7-20-13(19)5-4-12(17)18/h3,6,14H,1,4-5,7-8H2,2H3,(H,17,18). The molecule has 118 valence electrons. The van der Waals surface area contributed by atoms with E-state index in [0.717, 1.165) is 5.56 Å². The van der Waals surface area contributed by atoms with Crippen molar-refractivity contribution in [2.24, 2.45) is 0 Å². The van der Waals surface area contributed by atoms with Crippen LogP contribution in [0.25, 0.3) is 0 Å². The van der Waals surface area contributed by atoms with Gasteiger partial charge >= 0.3 is 11.9 Å². The van der Waals surface area contributed by atoms with Gasteiger partial charge in [-0.1, -0.05) is 6.58 Å². The fourth-order valence-electron chi connectivity index (χ4n) is 1.99. The van der Waals surface area contributed by atoms with Crippen LogP contribution in [0.2, 0.25) is 0 Å². The van der Waals surface area contributed by atoms with Crippen molar-refractivity contribution in [3.05, 3.63) is 35.7 Å². The zero-order valence-corrected chi connectivity index (χ0v) is 12.2. The zero-order chi connectivity index (χ0) is 16.1. The SMILES string of the molecule is C=CC1OCc2c(COC(=O)CCC(=O)O)cnc(C)c2O1. The molecule has 1 aromatic heterocycles. The summed E-state index contributed by atoms with van der Waals surface area (Å²) in [5.41, 5.74) is 2.16. The van der Waals surface area contributed by atoms with Gasteiger partial charge in [-0.05, 0) is 13.0 Å². The molecule has 0 aliphatic carbocycles. The van der Waals surface area contributed by atoms with Gasteiger partial charge in [0.1, 0.15) is 12.4 Å². The van der Waals surface area contributed by atoms with Gasteiger partial charge in [0.2, 0.25) is 6.29 Å². The Morgan fingerprint density at radius 2 is 2.32 bits per heavy atom. The third-order valence-corrected chi connectivity index (χ3v) is 3.15. The van der Waals surface area contributed by atoms with Crippen LogP contribution in [0.5, 0.6) is 5.75 Å². The predicted molar refractivity (Wildman–Crippen MR) is 75.0 cm³/mol. The number of fused-ring (bicyclic) bond motifs is 1. The highest BCUT2D eigenvalue weighted by Crippen LogP contribution is 2.31. The smallest absolute Gasteiger partial charge is 0.306 e. The van der Waals surface area contributed by atoms with Crippen LogP contribution in [0, 0.1) is 6.92 Å². The molecule has 22 heavy (non-hydrogen) atoms. The van der Waals surface area contributed by atoms with E-state index in [1.807, 2.05) is 6.92 Å². The molecule has 0 bridgehead atoms. The minimum atomic E-state index is -1.04. The zero-order valence-electron chi connectivity index (χ0n) is 12.2. The fraction of sp³-hybridized carbons (Fsp3) is 0.400. The van der Waals surface area contributed by atoms with E-state index in [9.17, 15) is 9.59 Å². The Bertz CT molecular complexity index is 598. The summed E-state index contributed by atoms with van der Waals surface area (Å²) in [6.45, 7) is 5.73. The second kappa shape index (κ2) is 7.04. The molecule has 2 heterocycles. The van der Waals surface area contributed by atoms with Crippen LogP contribution in [0.4, 0.5) is 0 Å². The summed E-state index contributed by atoms with van der Waals surface area (Å²) >= 11 is 0. The maximum Gasteiger partial charge on any atom is 0.306 e. The maximum atomic E-state index is 11.5. The summed E-state index contributed by atoms with van der Waals surface area (Å²) in [6.07, 6.45) is 2.19. The molecule has 2 rings (SSSR count). The molecule has 1 aliphatic heterocycles. The average Bonchev–Trinajstić information content (AvgIpc) is 2.52. The van der Waals surface area contributed by atoms with E-state index >= 15 is 0 Å². The number of esters is 1. The summed E-state index contributed by atoms with van der Waals surface area (Å²) in [5.74, 6) is -1.00. The molecule has 1 atom stereocenters. The number of aryl methyl sites for hydroxylation is 1. The number of ether oxygens (including phenoxy) is 3. The van der Waals surface area contributed by atoms with Crippen LogP contribution >= 0.6 is 0 Å². The Morgan fingerprint density at radius 1 is 1.55 bits per heavy atom. The predicted octanol–water partition coefficient (Wildman–Crippen LogP) is 1.72. The van der Waals surface area contributed by atoms with Gasteiger partial charge in [0.15, 0.2) is 0 Å². The molecule has 1 unspecified atom stereocenters. The van der Waals surface area contributed by atoms with Gasteiger partial charge in [-0.25, -0.2) is 0 Å². The molecule has 0 fully saturated rings. The second-order valence-corrected chi connectivity index (χ2v) is 4.76. The number of hydrogen-bond acceptors (Lipinski definition) is 6. The molecule has 1 N–H and O–H groups in total. The number of carbonyl (C=O) groups is 2. The summed E-state index contributed by atoms with van der Waals surface area (Å²) in [4.78, 5) is 26.1. The maximum absolute atomic E-state index is 11.5. The first-order chi connectivity index (χ1) is 10.5. The van der Waals surface area contributed by atoms with E-state index in [-0.39, 0.29) is 19.4 Å². The topological polar surface area (TPSA) is 95.0 Å². The molecule has 0 saturated carbocycles. The van der Waals surface area contributed by atoms with Gasteiger partial charge < -0.3 is 19.3 Å². The summed E-state index contributed by atoms with van der Waals surface area (Å²) in [7, 11) is 0. The minimum Gasteiger partial charge on any atom is -0.481 e. The van der Waals surface area contributed by atoms with Gasteiger partial charge in [0.05, 0.1) is 25.1 Å². The van der Waals surface area contributed by atoms with Crippen molar-refractivity contribution >= 4 is 11.9 Å². The number of carboxylic acid groups (broad SMARTS) is 1. The molecular formula is C15H17NO6. The van der Waals surface area contributed by atoms with Crippen molar-refractivity contribution in [3.63, 3.8) is 0 Å². The second-order valence-electron chi connectivity index (χ2n) is 4.76. The lowest BCUT2D eigenvalue weighted by Crippen LogP contribution is -2.25. The van der Waals surface area contributed by atoms with E-state index in [1.165, 1.54) is 0 Å². The van der Waals surface area contributed by atoms with Crippen molar-refractivity contribution in [1.82, 2.24) is 4.98 Å². The van der Waals surface area contributed by atoms with Crippen molar-refractivity contribution < 1.29 is 28.9 Å². The van der Waals surface area contributed by atoms with Crippen molar-refractivity contribution in [3.8, 4) is 5.75 Å². The van der Waals surface area contributed by atoms with Crippen LogP contribution in [0.15, 0.2) is 18.9 Å². The lowest BCUT2D eigenvalue weighted by atomic mass is 10.1. The number of aromatic nitrogens is 1. The first-order valence-electron chi connectivity index (χ1n) is 6.77. The van der Waals surface area contributed by atoms with E-state index in [1.54, 1.807) is 12.3 Å². The Balaban J connectivity index is 2.05. The van der Waals surface area contributed by atoms with Crippen LogP contribution in [-0.2, 0) is 32.3 Å². The Morgan fingerprint density at radius 3 is 3.00 bits per heavy atom. The van der Waals surface area contributed by atoms with Crippen molar-refractivity contribution in [2.75, 3.05) is 0 Å². The minimum absolute atomic E-state index is 0.000455. The molecule has 0 saturated heterocycles. The molecule has 0 spiro atoms. The van der Waals surface area contributed by atoms with Gasteiger partial charge in [-0.3, -0.25) is 14.6 Å². The number of carboxylic acids is 1. The molecule has 1 aliphatic rings. The van der Waals surface area contributed by atoms with Crippen LogP contribution < -0.4 is 4.74 Å². The number of aliphatic carboxylic acids is 1. The fourth-order valence-corrected chi connectivity index (χ4v) is 1.99. The highest BCUT2D eigenvalue weighted by Gasteiger charge is 2.23. The molecule has 0 amide bonds. The van der Waals surface area contributed by atoms with E-state index in [4.69, 9.17) is 19.3 Å². The first kappa shape index (κ1) is 16.0. The number of pyridine rings is 1. The average molecular weight is 307 g/mol. The largest absolute Gasteiger partial charge is 0.481 e. The lowest BCUT2D eigenvalue weighted by Gasteiger charge is -2.26. The monoisotopic (exact) mass is 307 g/mol. The number of nitrogens with zero attached hydrogens (tertiary/aromatic N) is 1. The molecule has 7 nitrogen and oxygen atoms in total. The third kappa shape index (κ3) is 3.82. The lowest BCUT2D eigenvalue weighted by molar-refractivity contribution is -0.148. The van der Waals surface area contributed by atoms with Crippen LogP contribution in [0.3, 0.4) is 0 Å². The van der Waals surface area contributed by atoms with Gasteiger partial charge in [0.25, 0.3) is 0 Å². The highest BCUT2D eigenvalue weighted by atomic mass is 16.7. The van der Waals surface area contributed by atoms with Crippen LogP contribution in [0.1, 0.15) is 29.7 Å². The first-order valence-corrected chi connectivity index (χ1v) is 6.77. The van der Waals surface area contributed by atoms with Gasteiger partial charge in [-0.15, -0.1) is 0 Å². The van der Waals surface area contributed by atoms with Gasteiger partial charge in [0, 0.05) is 17.3 Å². The number of carbonyl (C=O) groups excluding carboxylic acids is 1. The Kier molecular flexibility index (Phi) is 5.11. The molecule has 0 aromatic carbocycles. The molecular weight excluding hydrogens is 290 g/mol. The normalized spacial score (nSPS) is 16.3. The molecule has 7 heteroatoms. The van der Waals surface area contributed by atoms with Crippen molar-refractivity contribution in [2.45, 2.75) is 39.3 Å². The quantitative estimate of drug-likeness (QED) is 0.631. The number of hydrogen-bond donors (Lipinski definition) is 1. The van der Waals surface area contributed by atoms with E-state index in [0.29, 0.717) is 23.6 Å². The molecule has 1 aromatic rings. The highest BCUT2D eigenvalue weighted by molar-refractivity contribution is 5.76. The Labute approximate surface area is 127 Å². The third-order valence-electron chi connectivity index (χ3n) is 3.15. The summed E-state index contributed by atoms with van der Waals surface area (Å²) < 4.78 is 16.1. The summed E-state index contributed by atoms with van der Waals surface area (Å²) in [5, 5.41) is 8.53.